The number of rotatable bonds is 9. The molecule has 0 fully saturated rings. The number of hydrogen-bond donors (Lipinski definition) is 2. The number of anilines is 1. The molecule has 2 aromatic heterocycles. The van der Waals surface area contributed by atoms with Crippen molar-refractivity contribution in [2.45, 2.75) is 13.0 Å². The predicted molar refractivity (Wildman–Crippen MR) is 134 cm³/mol. The molecule has 2 N–H and O–H groups in total. The second-order valence-electron chi connectivity index (χ2n) is 8.26. The number of amides is 1. The summed E-state index contributed by atoms with van der Waals surface area (Å²) in [4.78, 5) is 28.5. The van der Waals surface area contributed by atoms with Gasteiger partial charge in [0.1, 0.15) is 17.3 Å². The fraction of sp³-hybridized carbons (Fsp3) is 0.231. The van der Waals surface area contributed by atoms with E-state index >= 15 is 0 Å². The largest absolute Gasteiger partial charge is 0.349 e. The normalized spacial score (nSPS) is 11.9. The topological polar surface area (TPSA) is 88.0 Å². The van der Waals surface area contributed by atoms with Gasteiger partial charge >= 0.3 is 0 Å². The monoisotopic (exact) mass is 455 g/mol. The molecule has 0 radical (unpaired) electrons. The number of imidazole rings is 1. The summed E-state index contributed by atoms with van der Waals surface area (Å²) in [5, 5.41) is 6.28. The van der Waals surface area contributed by atoms with Crippen molar-refractivity contribution in [3.8, 4) is 17.2 Å². The molecule has 4 aromatic rings. The van der Waals surface area contributed by atoms with Gasteiger partial charge in [0.25, 0.3) is 5.91 Å². The summed E-state index contributed by atoms with van der Waals surface area (Å²) in [6.07, 6.45) is 3.42. The first-order valence-corrected chi connectivity index (χ1v) is 11.2. The molecule has 4 rings (SSSR count). The van der Waals surface area contributed by atoms with Gasteiger partial charge in [0.15, 0.2) is 0 Å². The number of likely N-dealkylation sites (N-methyl/N-ethyl adjacent to an activating group) is 1. The fourth-order valence-electron chi connectivity index (χ4n) is 3.51. The van der Waals surface area contributed by atoms with Gasteiger partial charge in [0, 0.05) is 31.0 Å². The van der Waals surface area contributed by atoms with Crippen LogP contribution in [0.2, 0.25) is 0 Å². The molecule has 0 saturated carbocycles. The zero-order chi connectivity index (χ0) is 23.9. The molecule has 0 unspecified atom stereocenters. The van der Waals surface area contributed by atoms with Crippen LogP contribution in [0.3, 0.4) is 0 Å². The summed E-state index contributed by atoms with van der Waals surface area (Å²) in [5.74, 6) is 1.54. The number of carbonyl (C=O) groups is 1. The molecule has 1 atom stereocenters. The quantitative estimate of drug-likeness (QED) is 0.399. The molecular weight excluding hydrogens is 426 g/mol. The van der Waals surface area contributed by atoms with Crippen LogP contribution in [-0.4, -0.2) is 57.5 Å². The number of benzene rings is 2. The third-order valence-electron chi connectivity index (χ3n) is 5.35. The second kappa shape index (κ2) is 10.7. The Balaban J connectivity index is 1.64. The van der Waals surface area contributed by atoms with Gasteiger partial charge in [-0.25, -0.2) is 9.97 Å². The van der Waals surface area contributed by atoms with E-state index in [0.717, 1.165) is 17.7 Å². The maximum atomic E-state index is 12.8. The lowest BCUT2D eigenvalue weighted by Crippen LogP contribution is -2.31. The molecule has 2 heterocycles. The molecule has 8 nitrogen and oxygen atoms in total. The average molecular weight is 456 g/mol. The highest BCUT2D eigenvalue weighted by Crippen LogP contribution is 2.23. The van der Waals surface area contributed by atoms with E-state index in [4.69, 9.17) is 4.98 Å². The first-order chi connectivity index (χ1) is 16.5. The highest BCUT2D eigenvalue weighted by atomic mass is 16.1. The summed E-state index contributed by atoms with van der Waals surface area (Å²) in [6, 6.07) is 21.7. The number of aromatic nitrogens is 4. The van der Waals surface area contributed by atoms with Crippen molar-refractivity contribution in [1.29, 1.82) is 0 Å². The van der Waals surface area contributed by atoms with Crippen molar-refractivity contribution >= 4 is 11.9 Å². The van der Waals surface area contributed by atoms with Gasteiger partial charge in [0.05, 0.1) is 6.04 Å². The molecule has 0 saturated heterocycles. The molecule has 174 valence electrons. The number of carbonyl (C=O) groups excluding carboxylic acids is 1. The van der Waals surface area contributed by atoms with E-state index in [9.17, 15) is 4.79 Å². The van der Waals surface area contributed by atoms with Gasteiger partial charge in [-0.2, -0.15) is 4.98 Å². The van der Waals surface area contributed by atoms with Crippen LogP contribution >= 0.6 is 0 Å². The summed E-state index contributed by atoms with van der Waals surface area (Å²) in [6.45, 7) is 3.35. The minimum Gasteiger partial charge on any atom is -0.349 e. The zero-order valence-corrected chi connectivity index (χ0v) is 19.6. The van der Waals surface area contributed by atoms with Gasteiger partial charge in [-0.1, -0.05) is 60.7 Å². The minimum atomic E-state index is -0.220. The lowest BCUT2D eigenvalue weighted by molar-refractivity contribution is 0.0946. The third-order valence-corrected chi connectivity index (χ3v) is 5.35. The lowest BCUT2D eigenvalue weighted by atomic mass is 10.1. The molecule has 1 amide bonds. The van der Waals surface area contributed by atoms with Gasteiger partial charge in [0.2, 0.25) is 5.95 Å². The van der Waals surface area contributed by atoms with E-state index in [1.807, 2.05) is 72.1 Å². The first kappa shape index (κ1) is 23.1. The molecule has 0 aliphatic heterocycles. The van der Waals surface area contributed by atoms with Gasteiger partial charge < -0.3 is 15.5 Å². The number of nitrogens with one attached hydrogen (secondary N) is 2. The minimum absolute atomic E-state index is 0.0332. The SMILES string of the molecule is C[C@H](Nc1nccc(-n2cc(C(=O)NCCN(C)C)nc2-c2ccccc2)n1)c1ccccc1. The van der Waals surface area contributed by atoms with Crippen LogP contribution in [0.5, 0.6) is 0 Å². The maximum absolute atomic E-state index is 12.8. The van der Waals surface area contributed by atoms with Crippen LogP contribution in [0.15, 0.2) is 79.1 Å². The Morgan fingerprint density at radius 3 is 2.41 bits per heavy atom. The smallest absolute Gasteiger partial charge is 0.271 e. The summed E-state index contributed by atoms with van der Waals surface area (Å²) >= 11 is 0. The van der Waals surface area contributed by atoms with Gasteiger partial charge in [-0.15, -0.1) is 0 Å². The van der Waals surface area contributed by atoms with Crippen LogP contribution in [0.4, 0.5) is 5.95 Å². The highest BCUT2D eigenvalue weighted by Gasteiger charge is 2.18. The van der Waals surface area contributed by atoms with Crippen molar-refractivity contribution in [2.75, 3.05) is 32.5 Å². The number of nitrogens with zero attached hydrogens (tertiary/aromatic N) is 5. The van der Waals surface area contributed by atoms with Crippen LogP contribution in [0.1, 0.15) is 29.0 Å². The standard InChI is InChI=1S/C26H29N7O/c1-19(20-10-6-4-7-11-20)29-26-28-15-14-23(31-26)33-18-22(25(34)27-16-17-32(2)3)30-24(33)21-12-8-5-9-13-21/h4-15,18-19H,16-17H2,1-3H3,(H,27,34)(H,28,29,31)/t19-/m0/s1. The molecule has 0 bridgehead atoms. The molecule has 8 heteroatoms. The Kier molecular flexibility index (Phi) is 7.29. The van der Waals surface area contributed by atoms with Crippen molar-refractivity contribution in [1.82, 2.24) is 29.7 Å². The van der Waals surface area contributed by atoms with E-state index in [1.165, 1.54) is 0 Å². The Morgan fingerprint density at radius 1 is 1.00 bits per heavy atom. The van der Waals surface area contributed by atoms with E-state index in [2.05, 4.69) is 39.7 Å². The van der Waals surface area contributed by atoms with Crippen molar-refractivity contribution in [2.24, 2.45) is 0 Å². The van der Waals surface area contributed by atoms with Crippen LogP contribution in [-0.2, 0) is 0 Å². The van der Waals surface area contributed by atoms with Crippen molar-refractivity contribution < 1.29 is 4.79 Å². The summed E-state index contributed by atoms with van der Waals surface area (Å²) in [7, 11) is 3.93. The van der Waals surface area contributed by atoms with Crippen molar-refractivity contribution in [3.05, 3.63) is 90.4 Å². The van der Waals surface area contributed by atoms with E-state index in [-0.39, 0.29) is 11.9 Å². The van der Waals surface area contributed by atoms with E-state index < -0.39 is 0 Å². The van der Waals surface area contributed by atoms with E-state index in [0.29, 0.717) is 29.8 Å². The lowest BCUT2D eigenvalue weighted by Gasteiger charge is -2.15. The molecule has 34 heavy (non-hydrogen) atoms. The zero-order valence-electron chi connectivity index (χ0n) is 19.6. The summed E-state index contributed by atoms with van der Waals surface area (Å²) in [5.41, 5.74) is 2.37. The Bertz CT molecular complexity index is 1220. The molecule has 0 aliphatic rings. The maximum Gasteiger partial charge on any atom is 0.271 e. The Hall–Kier alpha value is -4.04. The average Bonchev–Trinajstić information content (AvgIpc) is 3.31. The fourth-order valence-corrected chi connectivity index (χ4v) is 3.51. The van der Waals surface area contributed by atoms with Crippen LogP contribution in [0, 0.1) is 0 Å². The molecule has 2 aromatic carbocycles. The van der Waals surface area contributed by atoms with Gasteiger partial charge in [-0.05, 0) is 32.6 Å². The highest BCUT2D eigenvalue weighted by molar-refractivity contribution is 5.93. The second-order valence-corrected chi connectivity index (χ2v) is 8.26. The Labute approximate surface area is 199 Å². The molecule has 0 spiro atoms. The van der Waals surface area contributed by atoms with Crippen LogP contribution < -0.4 is 10.6 Å². The first-order valence-electron chi connectivity index (χ1n) is 11.2. The van der Waals surface area contributed by atoms with Crippen LogP contribution in [0.25, 0.3) is 17.2 Å². The molecule has 0 aliphatic carbocycles. The Morgan fingerprint density at radius 2 is 1.71 bits per heavy atom. The summed E-state index contributed by atoms with van der Waals surface area (Å²) < 4.78 is 1.83. The number of hydrogen-bond acceptors (Lipinski definition) is 6. The van der Waals surface area contributed by atoms with Crippen molar-refractivity contribution in [3.63, 3.8) is 0 Å². The van der Waals surface area contributed by atoms with E-state index in [1.54, 1.807) is 18.5 Å². The van der Waals surface area contributed by atoms with Gasteiger partial charge in [-0.3, -0.25) is 9.36 Å². The third kappa shape index (κ3) is 5.65. The molecular formula is C26H29N7O. The predicted octanol–water partition coefficient (Wildman–Crippen LogP) is 3.79.